The molecule has 28 heavy (non-hydrogen) atoms. The summed E-state index contributed by atoms with van der Waals surface area (Å²) in [6.07, 6.45) is 2.27. The molecule has 10 heteroatoms. The molecule has 0 aliphatic carbocycles. The van der Waals surface area contributed by atoms with E-state index in [4.69, 9.17) is 28.9 Å². The maximum absolute atomic E-state index is 12.0. The van der Waals surface area contributed by atoms with E-state index in [1.165, 1.54) is 4.68 Å². The maximum Gasteiger partial charge on any atom is 0.248 e. The van der Waals surface area contributed by atoms with Crippen molar-refractivity contribution in [3.05, 3.63) is 39.6 Å². The Morgan fingerprint density at radius 1 is 1.36 bits per heavy atom. The van der Waals surface area contributed by atoms with E-state index in [9.17, 15) is 14.7 Å². The van der Waals surface area contributed by atoms with Gasteiger partial charge in [0.15, 0.2) is 0 Å². The molecule has 4 N–H and O–H groups in total. The summed E-state index contributed by atoms with van der Waals surface area (Å²) in [5.74, 6) is -0.821. The first kappa shape index (κ1) is 18.8. The normalized spacial score (nSPS) is 13.8. The van der Waals surface area contributed by atoms with Crippen LogP contribution in [0.15, 0.2) is 18.3 Å². The first-order valence-electron chi connectivity index (χ1n) is 8.61. The first-order chi connectivity index (χ1) is 13.4. The number of benzene rings is 1. The molecule has 0 fully saturated rings. The number of aromatic amines is 1. The van der Waals surface area contributed by atoms with E-state index in [0.717, 1.165) is 22.2 Å². The summed E-state index contributed by atoms with van der Waals surface area (Å²) < 4.78 is 1.45. The van der Waals surface area contributed by atoms with Crippen LogP contribution in [0.4, 0.5) is 0 Å². The topological polar surface area (TPSA) is 117 Å². The third-order valence-corrected chi connectivity index (χ3v) is 5.65. The lowest BCUT2D eigenvalue weighted by Gasteiger charge is -2.26. The highest BCUT2D eigenvalue weighted by molar-refractivity contribution is 6.45. The van der Waals surface area contributed by atoms with Gasteiger partial charge in [-0.05, 0) is 12.1 Å². The number of H-pyrrole nitrogens is 1. The average Bonchev–Trinajstić information content (AvgIpc) is 3.28. The Morgan fingerprint density at radius 3 is 2.86 bits per heavy atom. The number of nitrogens with one attached hydrogen (secondary N) is 1. The number of rotatable bonds is 4. The fourth-order valence-electron chi connectivity index (χ4n) is 3.61. The number of nitrogens with two attached hydrogens (primary N) is 1. The van der Waals surface area contributed by atoms with Crippen LogP contribution in [0.2, 0.25) is 10.0 Å². The molecule has 2 aromatic heterocycles. The third-order valence-electron chi connectivity index (χ3n) is 4.86. The number of aromatic nitrogens is 3. The van der Waals surface area contributed by atoms with Crippen molar-refractivity contribution in [3.63, 3.8) is 0 Å². The van der Waals surface area contributed by atoms with E-state index in [1.807, 2.05) is 0 Å². The van der Waals surface area contributed by atoms with Gasteiger partial charge in [-0.25, -0.2) is 0 Å². The van der Waals surface area contributed by atoms with E-state index in [2.05, 4.69) is 10.1 Å². The van der Waals surface area contributed by atoms with Crippen molar-refractivity contribution in [2.24, 2.45) is 5.73 Å². The molecule has 4 rings (SSSR count). The number of primary amides is 1. The SMILES string of the molecule is NC(=O)Cn1ccc(-c2cc(Cl)c(Cl)c3[nH]c4c(c23)CN(C(=O)CO)CC4)n1. The van der Waals surface area contributed by atoms with Crippen molar-refractivity contribution in [1.29, 1.82) is 0 Å². The summed E-state index contributed by atoms with van der Waals surface area (Å²) in [5.41, 5.74) is 9.15. The van der Waals surface area contributed by atoms with Crippen molar-refractivity contribution in [2.75, 3.05) is 13.2 Å². The van der Waals surface area contributed by atoms with Gasteiger partial charge in [0, 0.05) is 47.9 Å². The van der Waals surface area contributed by atoms with Gasteiger partial charge in [-0.3, -0.25) is 14.3 Å². The standard InChI is InChI=1S/C18H17Cl2N5O3/c19-11-5-9(13-2-4-25(23-13)7-14(21)27)16-10-6-24(15(28)8-26)3-1-12(10)22-18(16)17(11)20/h2,4-5,22,26H,1,3,6-8H2,(H2,21,27). The number of fused-ring (bicyclic) bond motifs is 3. The van der Waals surface area contributed by atoms with Crippen LogP contribution in [0.3, 0.4) is 0 Å². The molecule has 0 radical (unpaired) electrons. The van der Waals surface area contributed by atoms with Crippen LogP contribution in [-0.2, 0) is 29.1 Å². The number of hydrogen-bond acceptors (Lipinski definition) is 4. The quantitative estimate of drug-likeness (QED) is 0.593. The van der Waals surface area contributed by atoms with Crippen molar-refractivity contribution in [1.82, 2.24) is 19.7 Å². The van der Waals surface area contributed by atoms with Gasteiger partial charge in [0.05, 0.1) is 21.3 Å². The van der Waals surface area contributed by atoms with Crippen LogP contribution in [0.5, 0.6) is 0 Å². The van der Waals surface area contributed by atoms with Crippen LogP contribution in [0.25, 0.3) is 22.2 Å². The highest BCUT2D eigenvalue weighted by Crippen LogP contribution is 2.41. The monoisotopic (exact) mass is 421 g/mol. The summed E-state index contributed by atoms with van der Waals surface area (Å²) in [4.78, 5) is 28.1. The fourth-order valence-corrected chi connectivity index (χ4v) is 4.01. The molecule has 146 valence electrons. The summed E-state index contributed by atoms with van der Waals surface area (Å²) in [6, 6.07) is 3.49. The zero-order valence-electron chi connectivity index (χ0n) is 14.7. The lowest BCUT2D eigenvalue weighted by molar-refractivity contribution is -0.135. The average molecular weight is 422 g/mol. The Labute approximate surface area is 169 Å². The molecular formula is C18H17Cl2N5O3. The predicted molar refractivity (Wildman–Crippen MR) is 105 cm³/mol. The Hall–Kier alpha value is -2.55. The summed E-state index contributed by atoms with van der Waals surface area (Å²) in [6.45, 7) is 0.290. The van der Waals surface area contributed by atoms with Gasteiger partial charge in [0.2, 0.25) is 11.8 Å². The fraction of sp³-hybridized carbons (Fsp3) is 0.278. The molecule has 1 aliphatic rings. The minimum Gasteiger partial charge on any atom is -0.387 e. The molecule has 8 nitrogen and oxygen atoms in total. The number of aliphatic hydroxyl groups excluding tert-OH is 1. The van der Waals surface area contributed by atoms with Gasteiger partial charge in [-0.1, -0.05) is 23.2 Å². The molecule has 3 heterocycles. The lowest BCUT2D eigenvalue weighted by atomic mass is 9.99. The minimum atomic E-state index is -0.533. The Morgan fingerprint density at radius 2 is 2.14 bits per heavy atom. The number of halogens is 2. The van der Waals surface area contributed by atoms with Crippen molar-refractivity contribution >= 4 is 45.9 Å². The Bertz CT molecular complexity index is 1100. The summed E-state index contributed by atoms with van der Waals surface area (Å²) >= 11 is 12.8. The second-order valence-electron chi connectivity index (χ2n) is 6.64. The van der Waals surface area contributed by atoms with E-state index < -0.39 is 12.5 Å². The van der Waals surface area contributed by atoms with E-state index in [0.29, 0.717) is 40.8 Å². The predicted octanol–water partition coefficient (Wildman–Crippen LogP) is 1.70. The van der Waals surface area contributed by atoms with Crippen LogP contribution >= 0.6 is 23.2 Å². The van der Waals surface area contributed by atoms with Gasteiger partial charge >= 0.3 is 0 Å². The second-order valence-corrected chi connectivity index (χ2v) is 7.43. The third kappa shape index (κ3) is 3.13. The van der Waals surface area contributed by atoms with Gasteiger partial charge in [-0.15, -0.1) is 0 Å². The summed E-state index contributed by atoms with van der Waals surface area (Å²) in [5, 5.41) is 15.2. The van der Waals surface area contributed by atoms with Gasteiger partial charge in [-0.2, -0.15) is 5.10 Å². The zero-order chi connectivity index (χ0) is 20.0. The minimum absolute atomic E-state index is 0.0332. The zero-order valence-corrected chi connectivity index (χ0v) is 16.2. The molecule has 3 aromatic rings. The number of aliphatic hydroxyl groups is 1. The molecule has 0 spiro atoms. The number of carbonyl (C=O) groups is 2. The van der Waals surface area contributed by atoms with E-state index >= 15 is 0 Å². The molecule has 0 atom stereocenters. The second kappa shape index (κ2) is 7.12. The number of carbonyl (C=O) groups excluding carboxylic acids is 2. The van der Waals surface area contributed by atoms with Crippen molar-refractivity contribution in [2.45, 2.75) is 19.5 Å². The number of hydrogen-bond donors (Lipinski definition) is 3. The number of amides is 2. The summed E-state index contributed by atoms with van der Waals surface area (Å²) in [7, 11) is 0. The lowest BCUT2D eigenvalue weighted by Crippen LogP contribution is -2.37. The smallest absolute Gasteiger partial charge is 0.248 e. The Kier molecular flexibility index (Phi) is 4.78. The largest absolute Gasteiger partial charge is 0.387 e. The van der Waals surface area contributed by atoms with Crippen LogP contribution in [0, 0.1) is 0 Å². The molecule has 0 saturated heterocycles. The van der Waals surface area contributed by atoms with Gasteiger partial charge < -0.3 is 20.7 Å². The molecule has 0 saturated carbocycles. The molecule has 0 unspecified atom stereocenters. The van der Waals surface area contributed by atoms with Crippen molar-refractivity contribution < 1.29 is 14.7 Å². The van der Waals surface area contributed by atoms with Crippen molar-refractivity contribution in [3.8, 4) is 11.3 Å². The number of nitrogens with zero attached hydrogens (tertiary/aromatic N) is 3. The van der Waals surface area contributed by atoms with Crippen LogP contribution in [-0.4, -0.2) is 49.7 Å². The molecule has 0 bridgehead atoms. The van der Waals surface area contributed by atoms with Crippen LogP contribution in [0.1, 0.15) is 11.3 Å². The van der Waals surface area contributed by atoms with Gasteiger partial charge in [0.1, 0.15) is 13.2 Å². The van der Waals surface area contributed by atoms with Crippen LogP contribution < -0.4 is 5.73 Å². The molecular weight excluding hydrogens is 405 g/mol. The van der Waals surface area contributed by atoms with Gasteiger partial charge in [0.25, 0.3) is 0 Å². The van der Waals surface area contributed by atoms with E-state index in [-0.39, 0.29) is 12.5 Å². The highest BCUT2D eigenvalue weighted by Gasteiger charge is 2.27. The maximum atomic E-state index is 12.0. The van der Waals surface area contributed by atoms with E-state index in [1.54, 1.807) is 23.2 Å². The Balaban J connectivity index is 1.88. The highest BCUT2D eigenvalue weighted by atomic mass is 35.5. The molecule has 2 amide bonds. The molecule has 1 aromatic carbocycles. The first-order valence-corrected chi connectivity index (χ1v) is 9.36. The molecule has 1 aliphatic heterocycles.